The van der Waals surface area contributed by atoms with Crippen molar-refractivity contribution in [2.24, 2.45) is 0 Å². The van der Waals surface area contributed by atoms with Gasteiger partial charge >= 0.3 is 6.09 Å². The van der Waals surface area contributed by atoms with Crippen molar-refractivity contribution in [2.45, 2.75) is 52.1 Å². The highest BCUT2D eigenvalue weighted by Crippen LogP contribution is 2.18. The highest BCUT2D eigenvalue weighted by molar-refractivity contribution is 5.84. The van der Waals surface area contributed by atoms with E-state index in [0.717, 1.165) is 38.2 Å². The van der Waals surface area contributed by atoms with Crippen LogP contribution in [0.3, 0.4) is 0 Å². The quantitative estimate of drug-likeness (QED) is 0.721. The number of hydrogen-bond acceptors (Lipinski definition) is 4. The molecule has 134 valence electrons. The lowest BCUT2D eigenvalue weighted by Crippen LogP contribution is -2.37. The SMILES string of the molecule is CCCCOc1cccc(NC(=O)O[C@@H](C)CN2CCCCC2)c1. The Bertz CT molecular complexity index is 501. The van der Waals surface area contributed by atoms with Crippen molar-refractivity contribution in [3.05, 3.63) is 24.3 Å². The molecule has 1 aromatic rings. The van der Waals surface area contributed by atoms with E-state index in [1.165, 1.54) is 19.3 Å². The van der Waals surface area contributed by atoms with E-state index in [2.05, 4.69) is 17.1 Å². The molecule has 1 saturated heterocycles. The highest BCUT2D eigenvalue weighted by Gasteiger charge is 2.16. The second kappa shape index (κ2) is 10.2. The lowest BCUT2D eigenvalue weighted by atomic mass is 10.1. The van der Waals surface area contributed by atoms with Gasteiger partial charge in [0.2, 0.25) is 0 Å². The van der Waals surface area contributed by atoms with Crippen molar-refractivity contribution in [3.8, 4) is 5.75 Å². The zero-order valence-electron chi connectivity index (χ0n) is 14.9. The third-order valence-electron chi connectivity index (χ3n) is 4.12. The maximum atomic E-state index is 12.0. The number of anilines is 1. The number of carbonyl (C=O) groups excluding carboxylic acids is 1. The molecule has 0 aromatic heterocycles. The molecule has 1 fully saturated rings. The average molecular weight is 334 g/mol. The maximum absolute atomic E-state index is 12.0. The highest BCUT2D eigenvalue weighted by atomic mass is 16.6. The van der Waals surface area contributed by atoms with E-state index in [4.69, 9.17) is 9.47 Å². The van der Waals surface area contributed by atoms with Crippen molar-refractivity contribution < 1.29 is 14.3 Å². The number of ether oxygens (including phenoxy) is 2. The smallest absolute Gasteiger partial charge is 0.411 e. The largest absolute Gasteiger partial charge is 0.494 e. The first-order valence-electron chi connectivity index (χ1n) is 9.10. The number of unbranched alkanes of at least 4 members (excludes halogenated alkanes) is 1. The van der Waals surface area contributed by atoms with Gasteiger partial charge in [-0.3, -0.25) is 10.2 Å². The molecule has 2 rings (SSSR count). The van der Waals surface area contributed by atoms with Gasteiger partial charge in [0.05, 0.1) is 6.61 Å². The van der Waals surface area contributed by atoms with Gasteiger partial charge in [-0.2, -0.15) is 0 Å². The number of hydrogen-bond donors (Lipinski definition) is 1. The van der Waals surface area contributed by atoms with Gasteiger partial charge in [0.25, 0.3) is 0 Å². The van der Waals surface area contributed by atoms with Crippen LogP contribution >= 0.6 is 0 Å². The molecule has 0 spiro atoms. The molecule has 1 amide bonds. The number of piperidine rings is 1. The third-order valence-corrected chi connectivity index (χ3v) is 4.12. The Morgan fingerprint density at radius 2 is 2.08 bits per heavy atom. The van der Waals surface area contributed by atoms with Crippen LogP contribution in [-0.4, -0.2) is 43.3 Å². The van der Waals surface area contributed by atoms with Crippen molar-refractivity contribution >= 4 is 11.8 Å². The van der Waals surface area contributed by atoms with Gasteiger partial charge in [-0.05, 0) is 51.4 Å². The monoisotopic (exact) mass is 334 g/mol. The van der Waals surface area contributed by atoms with Crippen LogP contribution in [0, 0.1) is 0 Å². The molecule has 0 aliphatic carbocycles. The van der Waals surface area contributed by atoms with E-state index in [1.807, 2.05) is 31.2 Å². The fraction of sp³-hybridized carbons (Fsp3) is 0.632. The van der Waals surface area contributed by atoms with Crippen LogP contribution in [0.4, 0.5) is 10.5 Å². The normalized spacial score (nSPS) is 16.4. The Balaban J connectivity index is 1.75. The molecule has 0 unspecified atom stereocenters. The van der Waals surface area contributed by atoms with E-state index >= 15 is 0 Å². The Morgan fingerprint density at radius 3 is 2.83 bits per heavy atom. The summed E-state index contributed by atoms with van der Waals surface area (Å²) in [4.78, 5) is 14.4. The summed E-state index contributed by atoms with van der Waals surface area (Å²) in [7, 11) is 0. The topological polar surface area (TPSA) is 50.8 Å². The van der Waals surface area contributed by atoms with Crippen LogP contribution in [-0.2, 0) is 4.74 Å². The van der Waals surface area contributed by atoms with Crippen LogP contribution in [0.5, 0.6) is 5.75 Å². The molecule has 5 nitrogen and oxygen atoms in total. The van der Waals surface area contributed by atoms with E-state index in [0.29, 0.717) is 12.3 Å². The molecule has 1 aromatic carbocycles. The number of amides is 1. The molecular formula is C19H30N2O3. The molecule has 0 saturated carbocycles. The first-order chi connectivity index (χ1) is 11.7. The summed E-state index contributed by atoms with van der Waals surface area (Å²) >= 11 is 0. The zero-order chi connectivity index (χ0) is 17.2. The number of likely N-dealkylation sites (tertiary alicyclic amines) is 1. The minimum Gasteiger partial charge on any atom is -0.494 e. The summed E-state index contributed by atoms with van der Waals surface area (Å²) in [6.07, 6.45) is 5.38. The molecule has 1 aliphatic rings. The fourth-order valence-corrected chi connectivity index (χ4v) is 2.87. The lowest BCUT2D eigenvalue weighted by molar-refractivity contribution is 0.0833. The minimum atomic E-state index is -0.412. The van der Waals surface area contributed by atoms with Gasteiger partial charge in [0.15, 0.2) is 0 Å². The van der Waals surface area contributed by atoms with Crippen LogP contribution in [0.25, 0.3) is 0 Å². The van der Waals surface area contributed by atoms with E-state index in [9.17, 15) is 4.79 Å². The summed E-state index contributed by atoms with van der Waals surface area (Å²) in [6, 6.07) is 7.43. The van der Waals surface area contributed by atoms with Crippen LogP contribution < -0.4 is 10.1 Å². The summed E-state index contributed by atoms with van der Waals surface area (Å²) < 4.78 is 11.1. The number of nitrogens with zero attached hydrogens (tertiary/aromatic N) is 1. The van der Waals surface area contributed by atoms with Crippen molar-refractivity contribution in [1.29, 1.82) is 0 Å². The molecule has 1 N–H and O–H groups in total. The number of benzene rings is 1. The Labute approximate surface area is 145 Å². The lowest BCUT2D eigenvalue weighted by Gasteiger charge is -2.28. The summed E-state index contributed by atoms with van der Waals surface area (Å²) in [5.74, 6) is 0.766. The van der Waals surface area contributed by atoms with Gasteiger partial charge < -0.3 is 9.47 Å². The van der Waals surface area contributed by atoms with E-state index in [-0.39, 0.29) is 6.10 Å². The molecule has 5 heteroatoms. The van der Waals surface area contributed by atoms with Gasteiger partial charge in [-0.1, -0.05) is 25.8 Å². The van der Waals surface area contributed by atoms with Crippen molar-refractivity contribution in [2.75, 3.05) is 31.6 Å². The summed E-state index contributed by atoms with van der Waals surface area (Å²) in [6.45, 7) is 7.77. The Hall–Kier alpha value is -1.75. The predicted molar refractivity (Wildman–Crippen MR) is 96.7 cm³/mol. The molecule has 24 heavy (non-hydrogen) atoms. The molecule has 0 bridgehead atoms. The maximum Gasteiger partial charge on any atom is 0.411 e. The van der Waals surface area contributed by atoms with Crippen LogP contribution in [0.1, 0.15) is 46.0 Å². The van der Waals surface area contributed by atoms with Gasteiger partial charge in [-0.15, -0.1) is 0 Å². The Kier molecular flexibility index (Phi) is 7.89. The molecular weight excluding hydrogens is 304 g/mol. The molecule has 1 heterocycles. The first kappa shape index (κ1) is 18.6. The summed E-state index contributed by atoms with van der Waals surface area (Å²) in [5, 5.41) is 2.78. The predicted octanol–water partition coefficient (Wildman–Crippen LogP) is 4.29. The van der Waals surface area contributed by atoms with Gasteiger partial charge in [-0.25, -0.2) is 4.79 Å². The van der Waals surface area contributed by atoms with Crippen molar-refractivity contribution in [3.63, 3.8) is 0 Å². The number of nitrogens with one attached hydrogen (secondary N) is 1. The van der Waals surface area contributed by atoms with Crippen molar-refractivity contribution in [1.82, 2.24) is 4.90 Å². The van der Waals surface area contributed by atoms with Gasteiger partial charge in [0.1, 0.15) is 11.9 Å². The average Bonchev–Trinajstić information content (AvgIpc) is 2.56. The second-order valence-electron chi connectivity index (χ2n) is 6.43. The molecule has 1 atom stereocenters. The number of rotatable bonds is 8. The standard InChI is InChI=1S/C19H30N2O3/c1-3-4-13-23-18-10-8-9-17(14-18)20-19(22)24-16(2)15-21-11-6-5-7-12-21/h8-10,14,16H,3-7,11-13,15H2,1-2H3,(H,20,22)/t16-/m0/s1. The zero-order valence-corrected chi connectivity index (χ0v) is 14.9. The first-order valence-corrected chi connectivity index (χ1v) is 9.10. The summed E-state index contributed by atoms with van der Waals surface area (Å²) in [5.41, 5.74) is 0.694. The third kappa shape index (κ3) is 6.79. The number of carbonyl (C=O) groups is 1. The second-order valence-corrected chi connectivity index (χ2v) is 6.43. The van der Waals surface area contributed by atoms with Crippen LogP contribution in [0.2, 0.25) is 0 Å². The molecule has 0 radical (unpaired) electrons. The van der Waals surface area contributed by atoms with Crippen LogP contribution in [0.15, 0.2) is 24.3 Å². The minimum absolute atomic E-state index is 0.118. The molecule has 1 aliphatic heterocycles. The van der Waals surface area contributed by atoms with Gasteiger partial charge in [0, 0.05) is 18.3 Å². The fourth-order valence-electron chi connectivity index (χ4n) is 2.87. The van der Waals surface area contributed by atoms with E-state index < -0.39 is 6.09 Å². The van der Waals surface area contributed by atoms with E-state index in [1.54, 1.807) is 0 Å². The Morgan fingerprint density at radius 1 is 1.29 bits per heavy atom.